The fraction of sp³-hybridized carbons (Fsp3) is 0.571. The second kappa shape index (κ2) is 10.9. The minimum Gasteiger partial charge on any atom is -0.391 e. The number of benzene rings is 1. The zero-order valence-electron chi connectivity index (χ0n) is 23.1. The molecule has 1 saturated heterocycles. The second-order valence-electron chi connectivity index (χ2n) is 12.0. The first-order chi connectivity index (χ1) is 17.1. The van der Waals surface area contributed by atoms with Gasteiger partial charge in [0.2, 0.25) is 17.7 Å². The van der Waals surface area contributed by atoms with E-state index in [1.165, 1.54) is 4.90 Å². The van der Waals surface area contributed by atoms with Gasteiger partial charge in [0.15, 0.2) is 0 Å². The number of rotatable bonds is 6. The summed E-state index contributed by atoms with van der Waals surface area (Å²) in [5.74, 6) is -0.930. The van der Waals surface area contributed by atoms with E-state index in [-0.39, 0.29) is 36.7 Å². The molecule has 202 valence electrons. The molecule has 1 aromatic carbocycles. The Bertz CT molecular complexity index is 1130. The summed E-state index contributed by atoms with van der Waals surface area (Å²) in [7, 11) is 0. The van der Waals surface area contributed by atoms with Crippen molar-refractivity contribution in [3.8, 4) is 10.4 Å². The Labute approximate surface area is 223 Å². The largest absolute Gasteiger partial charge is 0.391 e. The van der Waals surface area contributed by atoms with Crippen LogP contribution < -0.4 is 10.6 Å². The summed E-state index contributed by atoms with van der Waals surface area (Å²) in [4.78, 5) is 46.6. The lowest BCUT2D eigenvalue weighted by Gasteiger charge is -2.36. The number of likely N-dealkylation sites (tertiary alicyclic amines) is 1. The quantitative estimate of drug-likeness (QED) is 0.528. The van der Waals surface area contributed by atoms with Gasteiger partial charge in [0, 0.05) is 18.4 Å². The van der Waals surface area contributed by atoms with E-state index in [0.29, 0.717) is 0 Å². The molecule has 0 saturated carbocycles. The van der Waals surface area contributed by atoms with Crippen molar-refractivity contribution >= 4 is 29.1 Å². The van der Waals surface area contributed by atoms with Crippen molar-refractivity contribution in [1.82, 2.24) is 20.5 Å². The zero-order chi connectivity index (χ0) is 27.7. The first-order valence-electron chi connectivity index (χ1n) is 12.7. The molecule has 0 aliphatic carbocycles. The van der Waals surface area contributed by atoms with Crippen LogP contribution in [0.15, 0.2) is 29.8 Å². The molecule has 3 rings (SSSR count). The number of aromatic nitrogens is 1. The van der Waals surface area contributed by atoms with Crippen molar-refractivity contribution < 1.29 is 19.5 Å². The van der Waals surface area contributed by atoms with Gasteiger partial charge in [0.1, 0.15) is 12.1 Å². The maximum absolute atomic E-state index is 13.7. The molecule has 9 heteroatoms. The highest BCUT2D eigenvalue weighted by Gasteiger charge is 2.45. The topological polar surface area (TPSA) is 112 Å². The molecule has 8 nitrogen and oxygen atoms in total. The van der Waals surface area contributed by atoms with Crippen LogP contribution in [0.2, 0.25) is 0 Å². The Morgan fingerprint density at radius 1 is 1.08 bits per heavy atom. The van der Waals surface area contributed by atoms with Crippen LogP contribution in [0.5, 0.6) is 0 Å². The molecule has 1 fully saturated rings. The lowest BCUT2D eigenvalue weighted by Crippen LogP contribution is -2.59. The number of thiazole rings is 1. The minimum atomic E-state index is -0.833. The molecule has 3 N–H and O–H groups in total. The molecule has 37 heavy (non-hydrogen) atoms. The molecule has 0 spiro atoms. The van der Waals surface area contributed by atoms with Crippen LogP contribution in [-0.4, -0.2) is 57.4 Å². The number of hydrogen-bond acceptors (Lipinski definition) is 6. The third-order valence-electron chi connectivity index (χ3n) is 6.71. The van der Waals surface area contributed by atoms with E-state index in [2.05, 4.69) is 15.6 Å². The monoisotopic (exact) mass is 528 g/mol. The fourth-order valence-electron chi connectivity index (χ4n) is 4.36. The first kappa shape index (κ1) is 28.8. The maximum atomic E-state index is 13.7. The van der Waals surface area contributed by atoms with Crippen LogP contribution >= 0.6 is 11.3 Å². The van der Waals surface area contributed by atoms with Gasteiger partial charge in [-0.05, 0) is 30.4 Å². The predicted molar refractivity (Wildman–Crippen MR) is 146 cm³/mol. The average molecular weight is 529 g/mol. The van der Waals surface area contributed by atoms with Gasteiger partial charge in [-0.2, -0.15) is 0 Å². The Balaban J connectivity index is 1.74. The number of hydrogen-bond donors (Lipinski definition) is 3. The average Bonchev–Trinajstić information content (AvgIpc) is 3.40. The molecule has 3 amide bonds. The van der Waals surface area contributed by atoms with Gasteiger partial charge in [0.25, 0.3) is 0 Å². The Hall–Kier alpha value is -2.78. The lowest BCUT2D eigenvalue weighted by atomic mass is 9.84. The van der Waals surface area contributed by atoms with E-state index in [4.69, 9.17) is 0 Å². The first-order valence-corrected chi connectivity index (χ1v) is 13.6. The summed E-state index contributed by atoms with van der Waals surface area (Å²) in [5, 5.41) is 16.3. The summed E-state index contributed by atoms with van der Waals surface area (Å²) < 4.78 is 0. The van der Waals surface area contributed by atoms with E-state index >= 15 is 0 Å². The standard InChI is InChI=1S/C28H40N4O4S/c1-16(18-9-11-19(12-10-18)22-17(2)29-15-37-22)30-24(34)21-13-20(33)14-32(21)25(35)23(27(3,4)5)31-26(36)28(6,7)8/h9-12,15-16,20-21,23,33H,13-14H2,1-8H3,(H,30,34)(H,31,36)/t16-,20-,21-,23+/m1/s1. The van der Waals surface area contributed by atoms with Crippen molar-refractivity contribution in [1.29, 1.82) is 0 Å². The third-order valence-corrected chi connectivity index (χ3v) is 7.69. The van der Waals surface area contributed by atoms with Crippen LogP contribution in [0, 0.1) is 17.8 Å². The predicted octanol–water partition coefficient (Wildman–Crippen LogP) is 3.83. The normalized spacial score (nSPS) is 19.9. The van der Waals surface area contributed by atoms with Gasteiger partial charge in [0.05, 0.1) is 28.2 Å². The van der Waals surface area contributed by atoms with Gasteiger partial charge in [-0.1, -0.05) is 65.8 Å². The van der Waals surface area contributed by atoms with E-state index < -0.39 is 29.0 Å². The van der Waals surface area contributed by atoms with Crippen LogP contribution in [0.25, 0.3) is 10.4 Å². The number of β-amino-alcohol motifs (C(OH)–C–C–N with tert-alkyl or cyclic N) is 1. The van der Waals surface area contributed by atoms with Crippen molar-refractivity contribution in [3.05, 3.63) is 41.0 Å². The van der Waals surface area contributed by atoms with Gasteiger partial charge < -0.3 is 20.6 Å². The summed E-state index contributed by atoms with van der Waals surface area (Å²) >= 11 is 1.59. The van der Waals surface area contributed by atoms with Crippen LogP contribution in [0.3, 0.4) is 0 Å². The number of aliphatic hydroxyl groups excluding tert-OH is 1. The Morgan fingerprint density at radius 3 is 2.22 bits per heavy atom. The number of aryl methyl sites for hydroxylation is 1. The smallest absolute Gasteiger partial charge is 0.246 e. The fourth-order valence-corrected chi connectivity index (χ4v) is 5.17. The number of amides is 3. The number of carbonyl (C=O) groups is 3. The molecule has 4 atom stereocenters. The van der Waals surface area contributed by atoms with Crippen molar-refractivity contribution in [2.45, 2.75) is 86.0 Å². The highest BCUT2D eigenvalue weighted by Crippen LogP contribution is 2.30. The molecule has 1 aliphatic heterocycles. The maximum Gasteiger partial charge on any atom is 0.246 e. The molecule has 0 radical (unpaired) electrons. The van der Waals surface area contributed by atoms with Gasteiger partial charge >= 0.3 is 0 Å². The molecule has 0 unspecified atom stereocenters. The van der Waals surface area contributed by atoms with Crippen LogP contribution in [-0.2, 0) is 14.4 Å². The van der Waals surface area contributed by atoms with E-state index in [1.54, 1.807) is 32.1 Å². The molecule has 2 heterocycles. The number of aliphatic hydroxyl groups is 1. The summed E-state index contributed by atoms with van der Waals surface area (Å²) in [6.07, 6.45) is -0.659. The summed E-state index contributed by atoms with van der Waals surface area (Å²) in [6.45, 7) is 14.9. The number of carbonyl (C=O) groups excluding carboxylic acids is 3. The SMILES string of the molecule is Cc1ncsc1-c1ccc([C@@H](C)NC(=O)[C@H]2C[C@@H](O)CN2C(=O)[C@H](NC(=O)C(C)(C)C)C(C)(C)C)cc1. The van der Waals surface area contributed by atoms with E-state index in [9.17, 15) is 19.5 Å². The Morgan fingerprint density at radius 2 is 1.70 bits per heavy atom. The third kappa shape index (κ3) is 6.76. The molecule has 2 aromatic rings. The molecule has 1 aliphatic rings. The van der Waals surface area contributed by atoms with Crippen molar-refractivity contribution in [2.75, 3.05) is 6.54 Å². The summed E-state index contributed by atoms with van der Waals surface area (Å²) in [5.41, 5.74) is 3.55. The van der Waals surface area contributed by atoms with Crippen LogP contribution in [0.1, 0.15) is 72.2 Å². The molecular formula is C28H40N4O4S. The second-order valence-corrected chi connectivity index (χ2v) is 12.9. The number of nitrogens with zero attached hydrogens (tertiary/aromatic N) is 2. The van der Waals surface area contributed by atoms with Crippen LogP contribution in [0.4, 0.5) is 0 Å². The summed E-state index contributed by atoms with van der Waals surface area (Å²) in [6, 6.07) is 6.03. The molecule has 0 bridgehead atoms. The van der Waals surface area contributed by atoms with E-state index in [1.807, 2.05) is 64.4 Å². The number of nitrogens with one attached hydrogen (secondary N) is 2. The van der Waals surface area contributed by atoms with Crippen molar-refractivity contribution in [3.63, 3.8) is 0 Å². The highest BCUT2D eigenvalue weighted by molar-refractivity contribution is 7.13. The highest BCUT2D eigenvalue weighted by atomic mass is 32.1. The Kier molecular flexibility index (Phi) is 8.49. The van der Waals surface area contributed by atoms with Gasteiger partial charge in [-0.15, -0.1) is 11.3 Å². The van der Waals surface area contributed by atoms with Crippen molar-refractivity contribution in [2.24, 2.45) is 10.8 Å². The molecule has 1 aromatic heterocycles. The minimum absolute atomic E-state index is 0.0478. The lowest BCUT2D eigenvalue weighted by molar-refractivity contribution is -0.145. The van der Waals surface area contributed by atoms with Gasteiger partial charge in [-0.25, -0.2) is 4.98 Å². The van der Waals surface area contributed by atoms with E-state index in [0.717, 1.165) is 21.7 Å². The molecular weight excluding hydrogens is 488 g/mol. The zero-order valence-corrected chi connectivity index (χ0v) is 23.9. The van der Waals surface area contributed by atoms with Gasteiger partial charge in [-0.3, -0.25) is 14.4 Å².